The first kappa shape index (κ1) is 17.1. The van der Waals surface area contributed by atoms with Crippen molar-refractivity contribution in [2.75, 3.05) is 19.1 Å². The molecule has 0 fully saturated rings. The van der Waals surface area contributed by atoms with Gasteiger partial charge in [-0.05, 0) is 6.42 Å². The molecule has 1 rings (SSSR count). The SMILES string of the molecule is CN1N=C(C(=O)NC(CCS(C)(=O)=O)C(=O)O)CCC1=O. The average molecular weight is 319 g/mol. The van der Waals surface area contributed by atoms with E-state index in [0.717, 1.165) is 11.3 Å². The van der Waals surface area contributed by atoms with Crippen LogP contribution in [0, 0.1) is 0 Å². The fraction of sp³-hybridized carbons (Fsp3) is 0.636. The Kier molecular flexibility index (Phi) is 5.41. The van der Waals surface area contributed by atoms with Crippen LogP contribution in [0.1, 0.15) is 19.3 Å². The first-order chi connectivity index (χ1) is 9.60. The second-order valence-corrected chi connectivity index (χ2v) is 7.01. The molecule has 0 aromatic heterocycles. The van der Waals surface area contributed by atoms with E-state index in [4.69, 9.17) is 5.11 Å². The zero-order valence-corrected chi connectivity index (χ0v) is 12.5. The van der Waals surface area contributed by atoms with Crippen molar-refractivity contribution in [2.45, 2.75) is 25.3 Å². The minimum absolute atomic E-state index is 0.0442. The minimum Gasteiger partial charge on any atom is -0.480 e. The molecule has 1 aliphatic rings. The molecule has 0 bridgehead atoms. The molecule has 9 nitrogen and oxygen atoms in total. The van der Waals surface area contributed by atoms with E-state index in [-0.39, 0.29) is 36.6 Å². The summed E-state index contributed by atoms with van der Waals surface area (Å²) in [7, 11) is -1.93. The van der Waals surface area contributed by atoms with E-state index in [2.05, 4.69) is 10.4 Å². The Morgan fingerprint density at radius 3 is 2.52 bits per heavy atom. The summed E-state index contributed by atoms with van der Waals surface area (Å²) in [5.74, 6) is -2.63. The van der Waals surface area contributed by atoms with E-state index in [9.17, 15) is 22.8 Å². The number of nitrogens with zero attached hydrogens (tertiary/aromatic N) is 2. The molecule has 118 valence electrons. The van der Waals surface area contributed by atoms with Crippen LogP contribution in [0.5, 0.6) is 0 Å². The summed E-state index contributed by atoms with van der Waals surface area (Å²) < 4.78 is 22.1. The molecule has 0 saturated carbocycles. The largest absolute Gasteiger partial charge is 0.480 e. The van der Waals surface area contributed by atoms with E-state index < -0.39 is 27.8 Å². The van der Waals surface area contributed by atoms with Gasteiger partial charge in [-0.25, -0.2) is 18.2 Å². The lowest BCUT2D eigenvalue weighted by Crippen LogP contribution is -2.46. The summed E-state index contributed by atoms with van der Waals surface area (Å²) >= 11 is 0. The van der Waals surface area contributed by atoms with E-state index in [1.54, 1.807) is 0 Å². The zero-order chi connectivity index (χ0) is 16.2. The lowest BCUT2D eigenvalue weighted by atomic mass is 10.1. The molecular weight excluding hydrogens is 302 g/mol. The average Bonchev–Trinajstić information content (AvgIpc) is 2.36. The van der Waals surface area contributed by atoms with Crippen LogP contribution in [0.4, 0.5) is 0 Å². The van der Waals surface area contributed by atoms with Gasteiger partial charge in [0.25, 0.3) is 5.91 Å². The van der Waals surface area contributed by atoms with Gasteiger partial charge in [0.05, 0.1) is 5.75 Å². The van der Waals surface area contributed by atoms with Crippen LogP contribution in [0.15, 0.2) is 5.10 Å². The van der Waals surface area contributed by atoms with Crippen LogP contribution < -0.4 is 5.32 Å². The number of rotatable bonds is 6. The number of carboxylic acid groups (broad SMARTS) is 1. The second-order valence-electron chi connectivity index (χ2n) is 4.75. The minimum atomic E-state index is -3.33. The fourth-order valence-corrected chi connectivity index (χ4v) is 2.33. The van der Waals surface area contributed by atoms with Crippen molar-refractivity contribution in [1.29, 1.82) is 0 Å². The Hall–Kier alpha value is -1.97. The maximum atomic E-state index is 11.9. The maximum Gasteiger partial charge on any atom is 0.326 e. The molecule has 1 atom stereocenters. The van der Waals surface area contributed by atoms with Crippen LogP contribution in [-0.2, 0) is 24.2 Å². The lowest BCUT2D eigenvalue weighted by molar-refractivity contribution is -0.141. The monoisotopic (exact) mass is 319 g/mol. The van der Waals surface area contributed by atoms with Gasteiger partial charge >= 0.3 is 5.97 Å². The smallest absolute Gasteiger partial charge is 0.326 e. The molecule has 1 unspecified atom stereocenters. The van der Waals surface area contributed by atoms with Crippen molar-refractivity contribution in [3.05, 3.63) is 0 Å². The van der Waals surface area contributed by atoms with Crippen LogP contribution in [0.3, 0.4) is 0 Å². The van der Waals surface area contributed by atoms with Crippen molar-refractivity contribution in [2.24, 2.45) is 5.10 Å². The third kappa shape index (κ3) is 5.50. The fourth-order valence-electron chi connectivity index (χ4n) is 1.66. The van der Waals surface area contributed by atoms with Crippen LogP contribution in [0.25, 0.3) is 0 Å². The van der Waals surface area contributed by atoms with Crippen molar-refractivity contribution in [3.63, 3.8) is 0 Å². The highest BCUT2D eigenvalue weighted by molar-refractivity contribution is 7.90. The van der Waals surface area contributed by atoms with Gasteiger partial charge in [0.1, 0.15) is 21.6 Å². The van der Waals surface area contributed by atoms with Crippen molar-refractivity contribution in [3.8, 4) is 0 Å². The molecule has 0 aromatic rings. The van der Waals surface area contributed by atoms with Crippen LogP contribution in [-0.4, -0.2) is 67.1 Å². The summed E-state index contributed by atoms with van der Waals surface area (Å²) in [5.41, 5.74) is 0.0442. The van der Waals surface area contributed by atoms with E-state index in [1.165, 1.54) is 7.05 Å². The molecule has 2 N–H and O–H groups in total. The van der Waals surface area contributed by atoms with Crippen molar-refractivity contribution >= 4 is 33.3 Å². The number of sulfone groups is 1. The number of nitrogens with one attached hydrogen (secondary N) is 1. The molecule has 2 amide bonds. The van der Waals surface area contributed by atoms with Crippen LogP contribution in [0.2, 0.25) is 0 Å². The van der Waals surface area contributed by atoms with Crippen molar-refractivity contribution in [1.82, 2.24) is 10.3 Å². The number of carbonyl (C=O) groups excluding carboxylic acids is 2. The molecule has 0 aliphatic carbocycles. The van der Waals surface area contributed by atoms with E-state index in [1.807, 2.05) is 0 Å². The van der Waals surface area contributed by atoms with Gasteiger partial charge in [-0.3, -0.25) is 9.59 Å². The highest BCUT2D eigenvalue weighted by Gasteiger charge is 2.27. The Morgan fingerprint density at radius 2 is 2.05 bits per heavy atom. The first-order valence-electron chi connectivity index (χ1n) is 6.15. The standard InChI is InChI=1S/C11H17N3O6S/c1-14-9(15)4-3-7(13-14)10(16)12-8(11(17)18)5-6-21(2,19)20/h8H,3-6H2,1-2H3,(H,12,16)(H,17,18). The first-order valence-corrected chi connectivity index (χ1v) is 8.21. The van der Waals surface area contributed by atoms with Gasteiger partial charge in [0.15, 0.2) is 0 Å². The topological polar surface area (TPSA) is 133 Å². The number of aliphatic carboxylic acids is 1. The zero-order valence-electron chi connectivity index (χ0n) is 11.7. The number of hydrazone groups is 1. The Morgan fingerprint density at radius 1 is 1.43 bits per heavy atom. The van der Waals surface area contributed by atoms with Crippen molar-refractivity contribution < 1.29 is 27.9 Å². The molecule has 0 saturated heterocycles. The highest BCUT2D eigenvalue weighted by atomic mass is 32.2. The van der Waals surface area contributed by atoms with Gasteiger partial charge in [0, 0.05) is 26.1 Å². The Bertz CT molecular complexity index is 583. The van der Waals surface area contributed by atoms with Crippen LogP contribution >= 0.6 is 0 Å². The molecule has 0 spiro atoms. The number of hydrogen-bond acceptors (Lipinski definition) is 6. The molecular formula is C11H17N3O6S. The number of carbonyl (C=O) groups is 3. The Balaban J connectivity index is 2.71. The van der Waals surface area contributed by atoms with Gasteiger partial charge < -0.3 is 10.4 Å². The summed E-state index contributed by atoms with van der Waals surface area (Å²) in [6.45, 7) is 0. The summed E-state index contributed by atoms with van der Waals surface area (Å²) in [6, 6.07) is -1.32. The van der Waals surface area contributed by atoms with E-state index in [0.29, 0.717) is 0 Å². The van der Waals surface area contributed by atoms with Gasteiger partial charge in [-0.15, -0.1) is 0 Å². The predicted molar refractivity (Wildman–Crippen MR) is 73.3 cm³/mol. The van der Waals surface area contributed by atoms with E-state index >= 15 is 0 Å². The summed E-state index contributed by atoms with van der Waals surface area (Å²) in [6.07, 6.45) is 0.985. The second kappa shape index (κ2) is 6.66. The summed E-state index contributed by atoms with van der Waals surface area (Å²) in [4.78, 5) is 34.2. The van der Waals surface area contributed by atoms with Gasteiger partial charge in [-0.2, -0.15) is 5.10 Å². The quantitative estimate of drug-likeness (QED) is 0.618. The molecule has 0 radical (unpaired) electrons. The Labute approximate surface area is 121 Å². The molecule has 10 heteroatoms. The van der Waals surface area contributed by atoms with Gasteiger partial charge in [0.2, 0.25) is 5.91 Å². The molecule has 21 heavy (non-hydrogen) atoms. The third-order valence-electron chi connectivity index (χ3n) is 2.85. The normalized spacial score (nSPS) is 17.1. The predicted octanol–water partition coefficient (Wildman–Crippen LogP) is -1.40. The van der Waals surface area contributed by atoms with Gasteiger partial charge in [-0.1, -0.05) is 0 Å². The number of amides is 2. The molecule has 1 aliphatic heterocycles. The third-order valence-corrected chi connectivity index (χ3v) is 3.83. The molecule has 0 aromatic carbocycles. The number of hydrogen-bond donors (Lipinski definition) is 2. The molecule has 1 heterocycles. The summed E-state index contributed by atoms with van der Waals surface area (Å²) in [5, 5.41) is 16.0. The lowest BCUT2D eigenvalue weighted by Gasteiger charge is -2.20. The highest BCUT2D eigenvalue weighted by Crippen LogP contribution is 2.07. The number of carboxylic acids is 1. The maximum absolute atomic E-state index is 11.9.